The largest absolute Gasteiger partial charge is 0.497 e. The predicted molar refractivity (Wildman–Crippen MR) is 92.2 cm³/mol. The van der Waals surface area contributed by atoms with E-state index in [4.69, 9.17) is 4.74 Å². The maximum atomic E-state index is 12.3. The van der Waals surface area contributed by atoms with E-state index in [1.807, 2.05) is 24.3 Å². The SMILES string of the molecule is COc1cccc(C(=O)CCN2CC[C@@H](c3ccccc3)C2)c1. The molecule has 0 radical (unpaired) electrons. The molecule has 0 amide bonds. The van der Waals surface area contributed by atoms with Gasteiger partial charge < -0.3 is 9.64 Å². The highest BCUT2D eigenvalue weighted by Crippen LogP contribution is 2.27. The molecule has 0 aliphatic carbocycles. The van der Waals surface area contributed by atoms with Gasteiger partial charge in [0.1, 0.15) is 5.75 Å². The Morgan fingerprint density at radius 2 is 2.00 bits per heavy atom. The number of hydrogen-bond donors (Lipinski definition) is 0. The third-order valence-electron chi connectivity index (χ3n) is 4.59. The van der Waals surface area contributed by atoms with Gasteiger partial charge in [-0.1, -0.05) is 42.5 Å². The first-order valence-corrected chi connectivity index (χ1v) is 8.21. The van der Waals surface area contributed by atoms with Gasteiger partial charge in [0, 0.05) is 25.1 Å². The lowest BCUT2D eigenvalue weighted by molar-refractivity contribution is 0.0968. The molecule has 1 atom stereocenters. The molecule has 0 bridgehead atoms. The molecule has 0 N–H and O–H groups in total. The van der Waals surface area contributed by atoms with E-state index in [9.17, 15) is 4.79 Å². The molecule has 2 aromatic rings. The zero-order valence-electron chi connectivity index (χ0n) is 13.6. The minimum Gasteiger partial charge on any atom is -0.497 e. The van der Waals surface area contributed by atoms with Gasteiger partial charge in [0.25, 0.3) is 0 Å². The van der Waals surface area contributed by atoms with E-state index < -0.39 is 0 Å². The first-order valence-electron chi connectivity index (χ1n) is 8.21. The van der Waals surface area contributed by atoms with Gasteiger partial charge in [-0.05, 0) is 36.6 Å². The number of carbonyl (C=O) groups is 1. The average molecular weight is 309 g/mol. The molecule has 0 spiro atoms. The minimum absolute atomic E-state index is 0.187. The van der Waals surface area contributed by atoms with Crippen LogP contribution in [0.1, 0.15) is 34.7 Å². The van der Waals surface area contributed by atoms with Crippen LogP contribution < -0.4 is 4.74 Å². The topological polar surface area (TPSA) is 29.5 Å². The summed E-state index contributed by atoms with van der Waals surface area (Å²) in [6.07, 6.45) is 1.74. The van der Waals surface area contributed by atoms with E-state index in [2.05, 4.69) is 35.2 Å². The van der Waals surface area contributed by atoms with Crippen molar-refractivity contribution >= 4 is 5.78 Å². The molecule has 1 saturated heterocycles. The number of ketones is 1. The highest BCUT2D eigenvalue weighted by molar-refractivity contribution is 5.96. The molecule has 2 aromatic carbocycles. The summed E-state index contributed by atoms with van der Waals surface area (Å²) in [5, 5.41) is 0. The molecule has 3 heteroatoms. The second-order valence-electron chi connectivity index (χ2n) is 6.10. The molecule has 3 nitrogen and oxygen atoms in total. The molecular weight excluding hydrogens is 286 g/mol. The second-order valence-corrected chi connectivity index (χ2v) is 6.10. The van der Waals surface area contributed by atoms with Gasteiger partial charge in [-0.3, -0.25) is 4.79 Å². The molecule has 23 heavy (non-hydrogen) atoms. The quantitative estimate of drug-likeness (QED) is 0.761. The Labute approximate surface area is 137 Å². The Kier molecular flexibility index (Phi) is 5.09. The monoisotopic (exact) mass is 309 g/mol. The summed E-state index contributed by atoms with van der Waals surface area (Å²) in [4.78, 5) is 14.7. The molecule has 0 unspecified atom stereocenters. The van der Waals surface area contributed by atoms with Crippen LogP contribution in [0.4, 0.5) is 0 Å². The Morgan fingerprint density at radius 3 is 2.78 bits per heavy atom. The molecular formula is C20H23NO2. The third kappa shape index (κ3) is 3.99. The second kappa shape index (κ2) is 7.42. The fraction of sp³-hybridized carbons (Fsp3) is 0.350. The van der Waals surface area contributed by atoms with Crippen LogP contribution in [0.3, 0.4) is 0 Å². The first kappa shape index (κ1) is 15.8. The zero-order valence-corrected chi connectivity index (χ0v) is 13.6. The number of methoxy groups -OCH3 is 1. The van der Waals surface area contributed by atoms with Crippen molar-refractivity contribution in [3.05, 3.63) is 65.7 Å². The van der Waals surface area contributed by atoms with Crippen molar-refractivity contribution < 1.29 is 9.53 Å². The van der Waals surface area contributed by atoms with Crippen molar-refractivity contribution in [2.45, 2.75) is 18.8 Å². The van der Waals surface area contributed by atoms with E-state index in [-0.39, 0.29) is 5.78 Å². The van der Waals surface area contributed by atoms with Crippen molar-refractivity contribution in [1.29, 1.82) is 0 Å². The zero-order chi connectivity index (χ0) is 16.1. The van der Waals surface area contributed by atoms with Crippen LogP contribution in [0.25, 0.3) is 0 Å². The standard InChI is InChI=1S/C20H23NO2/c1-23-19-9-5-8-17(14-19)20(22)11-13-21-12-10-18(15-21)16-6-3-2-4-7-16/h2-9,14,18H,10-13,15H2,1H3/t18-/m1/s1. The van der Waals surface area contributed by atoms with Crippen molar-refractivity contribution in [2.24, 2.45) is 0 Å². The lowest BCUT2D eigenvalue weighted by Gasteiger charge is -2.15. The van der Waals surface area contributed by atoms with Gasteiger partial charge in [0.2, 0.25) is 0 Å². The summed E-state index contributed by atoms with van der Waals surface area (Å²) in [5.74, 6) is 1.52. The van der Waals surface area contributed by atoms with Gasteiger partial charge in [-0.2, -0.15) is 0 Å². The Bertz CT molecular complexity index is 654. The van der Waals surface area contributed by atoms with Gasteiger partial charge >= 0.3 is 0 Å². The number of likely N-dealkylation sites (tertiary alicyclic amines) is 1. The summed E-state index contributed by atoms with van der Waals surface area (Å²) in [7, 11) is 1.62. The van der Waals surface area contributed by atoms with E-state index in [0.29, 0.717) is 12.3 Å². The van der Waals surface area contributed by atoms with E-state index in [1.165, 1.54) is 12.0 Å². The first-order chi connectivity index (χ1) is 11.3. The van der Waals surface area contributed by atoms with Gasteiger partial charge in [0.05, 0.1) is 7.11 Å². The summed E-state index contributed by atoms with van der Waals surface area (Å²) in [5.41, 5.74) is 2.15. The van der Waals surface area contributed by atoms with Crippen LogP contribution in [-0.2, 0) is 0 Å². The number of carbonyl (C=O) groups excluding carboxylic acids is 1. The van der Waals surface area contributed by atoms with Crippen LogP contribution in [0.5, 0.6) is 5.75 Å². The maximum absolute atomic E-state index is 12.3. The van der Waals surface area contributed by atoms with Gasteiger partial charge in [0.15, 0.2) is 5.78 Å². The van der Waals surface area contributed by atoms with Crippen molar-refractivity contribution in [3.8, 4) is 5.75 Å². The Balaban J connectivity index is 1.52. The number of ether oxygens (including phenoxy) is 1. The molecule has 1 aliphatic heterocycles. The van der Waals surface area contributed by atoms with E-state index in [1.54, 1.807) is 7.11 Å². The number of nitrogens with zero attached hydrogens (tertiary/aromatic N) is 1. The Hall–Kier alpha value is -2.13. The summed E-state index contributed by atoms with van der Waals surface area (Å²) in [6, 6.07) is 18.1. The van der Waals surface area contributed by atoms with Crippen LogP contribution in [-0.4, -0.2) is 37.4 Å². The van der Waals surface area contributed by atoms with Crippen molar-refractivity contribution in [3.63, 3.8) is 0 Å². The van der Waals surface area contributed by atoms with Crippen molar-refractivity contribution in [2.75, 3.05) is 26.7 Å². The highest BCUT2D eigenvalue weighted by atomic mass is 16.5. The molecule has 1 heterocycles. The van der Waals surface area contributed by atoms with E-state index in [0.717, 1.165) is 30.9 Å². The number of Topliss-reactive ketones (excluding diaryl/α,β-unsaturated/α-hetero) is 1. The molecule has 120 valence electrons. The molecule has 3 rings (SSSR count). The molecule has 0 aromatic heterocycles. The van der Waals surface area contributed by atoms with Crippen LogP contribution >= 0.6 is 0 Å². The fourth-order valence-electron chi connectivity index (χ4n) is 3.23. The number of hydrogen-bond acceptors (Lipinski definition) is 3. The summed E-state index contributed by atoms with van der Waals surface area (Å²) >= 11 is 0. The highest BCUT2D eigenvalue weighted by Gasteiger charge is 2.23. The minimum atomic E-state index is 0.187. The van der Waals surface area contributed by atoms with Crippen LogP contribution in [0.2, 0.25) is 0 Å². The number of benzene rings is 2. The fourth-order valence-corrected chi connectivity index (χ4v) is 3.23. The molecule has 0 saturated carbocycles. The molecule has 1 aliphatic rings. The van der Waals surface area contributed by atoms with Gasteiger partial charge in [-0.15, -0.1) is 0 Å². The third-order valence-corrected chi connectivity index (χ3v) is 4.59. The van der Waals surface area contributed by atoms with E-state index >= 15 is 0 Å². The lowest BCUT2D eigenvalue weighted by atomic mass is 9.99. The lowest BCUT2D eigenvalue weighted by Crippen LogP contribution is -2.23. The predicted octanol–water partition coefficient (Wildman–Crippen LogP) is 3.76. The van der Waals surface area contributed by atoms with Gasteiger partial charge in [-0.25, -0.2) is 0 Å². The maximum Gasteiger partial charge on any atom is 0.164 e. The Morgan fingerprint density at radius 1 is 1.17 bits per heavy atom. The van der Waals surface area contributed by atoms with Crippen molar-refractivity contribution in [1.82, 2.24) is 4.90 Å². The smallest absolute Gasteiger partial charge is 0.164 e. The van der Waals surface area contributed by atoms with Crippen LogP contribution in [0.15, 0.2) is 54.6 Å². The summed E-state index contributed by atoms with van der Waals surface area (Å²) < 4.78 is 5.18. The summed E-state index contributed by atoms with van der Waals surface area (Å²) in [6.45, 7) is 2.96. The number of rotatable bonds is 6. The normalized spacial score (nSPS) is 18.0. The van der Waals surface area contributed by atoms with Crippen LogP contribution in [0, 0.1) is 0 Å². The average Bonchev–Trinajstić information content (AvgIpc) is 3.09. The molecule has 1 fully saturated rings.